The SMILES string of the molecule is CC1C(N)CCN1C(=O)c1cccc2cccnc12. The van der Waals surface area contributed by atoms with Crippen molar-refractivity contribution in [3.63, 3.8) is 0 Å². The molecular weight excluding hydrogens is 238 g/mol. The van der Waals surface area contributed by atoms with Gasteiger partial charge in [0.1, 0.15) is 0 Å². The van der Waals surface area contributed by atoms with Crippen LogP contribution in [0.15, 0.2) is 36.5 Å². The van der Waals surface area contributed by atoms with E-state index in [4.69, 9.17) is 5.73 Å². The number of carbonyl (C=O) groups excluding carboxylic acids is 1. The first-order valence-electron chi connectivity index (χ1n) is 6.59. The summed E-state index contributed by atoms with van der Waals surface area (Å²) in [5.41, 5.74) is 7.42. The fourth-order valence-corrected chi connectivity index (χ4v) is 2.68. The molecule has 1 aliphatic heterocycles. The third-order valence-corrected chi connectivity index (χ3v) is 3.94. The zero-order valence-corrected chi connectivity index (χ0v) is 10.9. The second kappa shape index (κ2) is 4.63. The molecule has 1 aliphatic rings. The van der Waals surface area contributed by atoms with E-state index in [1.807, 2.05) is 42.2 Å². The monoisotopic (exact) mass is 255 g/mol. The van der Waals surface area contributed by atoms with E-state index in [2.05, 4.69) is 4.98 Å². The minimum absolute atomic E-state index is 0.0322. The summed E-state index contributed by atoms with van der Waals surface area (Å²) in [6.07, 6.45) is 2.59. The van der Waals surface area contributed by atoms with E-state index < -0.39 is 0 Å². The lowest BCUT2D eigenvalue weighted by Gasteiger charge is -2.23. The van der Waals surface area contributed by atoms with Crippen molar-refractivity contribution in [2.75, 3.05) is 6.54 Å². The molecular formula is C15H17N3O. The van der Waals surface area contributed by atoms with Crippen LogP contribution in [0.25, 0.3) is 10.9 Å². The molecule has 2 unspecified atom stereocenters. The molecule has 98 valence electrons. The van der Waals surface area contributed by atoms with Crippen LogP contribution in [0.5, 0.6) is 0 Å². The number of pyridine rings is 1. The summed E-state index contributed by atoms with van der Waals surface area (Å²) < 4.78 is 0. The third kappa shape index (κ3) is 1.98. The summed E-state index contributed by atoms with van der Waals surface area (Å²) in [5.74, 6) is 0.0322. The molecule has 1 aromatic heterocycles. The van der Waals surface area contributed by atoms with E-state index >= 15 is 0 Å². The number of hydrogen-bond donors (Lipinski definition) is 1. The smallest absolute Gasteiger partial charge is 0.256 e. The molecule has 1 amide bonds. The molecule has 4 heteroatoms. The van der Waals surface area contributed by atoms with Gasteiger partial charge in [0.05, 0.1) is 11.1 Å². The van der Waals surface area contributed by atoms with Gasteiger partial charge in [0, 0.05) is 30.2 Å². The normalized spacial score (nSPS) is 22.9. The number of likely N-dealkylation sites (tertiary alicyclic amines) is 1. The highest BCUT2D eigenvalue weighted by atomic mass is 16.2. The largest absolute Gasteiger partial charge is 0.334 e. The summed E-state index contributed by atoms with van der Waals surface area (Å²) in [6, 6.07) is 9.73. The number of amides is 1. The topological polar surface area (TPSA) is 59.2 Å². The number of nitrogens with two attached hydrogens (primary N) is 1. The zero-order valence-electron chi connectivity index (χ0n) is 10.9. The average Bonchev–Trinajstić information content (AvgIpc) is 2.78. The van der Waals surface area contributed by atoms with E-state index in [1.54, 1.807) is 6.20 Å². The highest BCUT2D eigenvalue weighted by Gasteiger charge is 2.32. The minimum atomic E-state index is 0.0322. The number of carbonyl (C=O) groups is 1. The van der Waals surface area contributed by atoms with Crippen molar-refractivity contribution in [2.24, 2.45) is 5.73 Å². The van der Waals surface area contributed by atoms with Gasteiger partial charge >= 0.3 is 0 Å². The van der Waals surface area contributed by atoms with E-state index in [0.29, 0.717) is 5.56 Å². The first kappa shape index (κ1) is 12.1. The lowest BCUT2D eigenvalue weighted by Crippen LogP contribution is -2.40. The Labute approximate surface area is 112 Å². The van der Waals surface area contributed by atoms with Gasteiger partial charge in [0.15, 0.2) is 0 Å². The predicted molar refractivity (Wildman–Crippen MR) is 74.8 cm³/mol. The molecule has 1 aromatic carbocycles. The Morgan fingerprint density at radius 1 is 1.37 bits per heavy atom. The summed E-state index contributed by atoms with van der Waals surface area (Å²) in [6.45, 7) is 2.73. The van der Waals surface area contributed by atoms with Crippen LogP contribution in [-0.4, -0.2) is 34.4 Å². The Morgan fingerprint density at radius 3 is 2.89 bits per heavy atom. The van der Waals surface area contributed by atoms with Crippen LogP contribution in [0.3, 0.4) is 0 Å². The zero-order chi connectivity index (χ0) is 13.4. The molecule has 2 heterocycles. The molecule has 0 aliphatic carbocycles. The van der Waals surface area contributed by atoms with Crippen LogP contribution >= 0.6 is 0 Å². The Hall–Kier alpha value is -1.94. The predicted octanol–water partition coefficient (Wildman–Crippen LogP) is 1.80. The molecule has 0 bridgehead atoms. The molecule has 2 N–H and O–H groups in total. The van der Waals surface area contributed by atoms with Gasteiger partial charge in [0.2, 0.25) is 0 Å². The maximum atomic E-state index is 12.6. The second-order valence-corrected chi connectivity index (χ2v) is 5.07. The minimum Gasteiger partial charge on any atom is -0.334 e. The van der Waals surface area contributed by atoms with Crippen molar-refractivity contribution in [3.05, 3.63) is 42.1 Å². The lowest BCUT2D eigenvalue weighted by atomic mass is 10.1. The van der Waals surface area contributed by atoms with Gasteiger partial charge in [-0.15, -0.1) is 0 Å². The van der Waals surface area contributed by atoms with Gasteiger partial charge < -0.3 is 10.6 Å². The van der Waals surface area contributed by atoms with Gasteiger partial charge in [-0.05, 0) is 25.5 Å². The first-order valence-corrected chi connectivity index (χ1v) is 6.59. The number of benzene rings is 1. The number of para-hydroxylation sites is 1. The average molecular weight is 255 g/mol. The Bertz CT molecular complexity index is 620. The van der Waals surface area contributed by atoms with Gasteiger partial charge in [-0.3, -0.25) is 9.78 Å². The number of hydrogen-bond acceptors (Lipinski definition) is 3. The maximum Gasteiger partial charge on any atom is 0.256 e. The lowest BCUT2D eigenvalue weighted by molar-refractivity contribution is 0.0744. The van der Waals surface area contributed by atoms with Crippen molar-refractivity contribution in [2.45, 2.75) is 25.4 Å². The fourth-order valence-electron chi connectivity index (χ4n) is 2.68. The van der Waals surface area contributed by atoms with E-state index in [1.165, 1.54) is 0 Å². The van der Waals surface area contributed by atoms with Crippen molar-refractivity contribution in [3.8, 4) is 0 Å². The third-order valence-electron chi connectivity index (χ3n) is 3.94. The van der Waals surface area contributed by atoms with Gasteiger partial charge in [-0.25, -0.2) is 0 Å². The van der Waals surface area contributed by atoms with Crippen molar-refractivity contribution in [1.82, 2.24) is 9.88 Å². The standard InChI is InChI=1S/C15H17N3O/c1-10-13(16)7-9-18(10)15(19)12-6-2-4-11-5-3-8-17-14(11)12/h2-6,8,10,13H,7,9,16H2,1H3. The Kier molecular flexibility index (Phi) is 2.95. The van der Waals surface area contributed by atoms with Gasteiger partial charge in [-0.1, -0.05) is 18.2 Å². The summed E-state index contributed by atoms with van der Waals surface area (Å²) >= 11 is 0. The number of rotatable bonds is 1. The Morgan fingerprint density at radius 2 is 2.16 bits per heavy atom. The number of fused-ring (bicyclic) bond motifs is 1. The number of aromatic nitrogens is 1. The highest BCUT2D eigenvalue weighted by Crippen LogP contribution is 2.22. The van der Waals surface area contributed by atoms with Gasteiger partial charge in [-0.2, -0.15) is 0 Å². The second-order valence-electron chi connectivity index (χ2n) is 5.07. The summed E-state index contributed by atoms with van der Waals surface area (Å²) in [5, 5.41) is 0.990. The van der Waals surface area contributed by atoms with Crippen LogP contribution in [0.2, 0.25) is 0 Å². The molecule has 1 saturated heterocycles. The molecule has 1 fully saturated rings. The van der Waals surface area contributed by atoms with Crippen LogP contribution in [0.1, 0.15) is 23.7 Å². The van der Waals surface area contributed by atoms with Crippen molar-refractivity contribution >= 4 is 16.8 Å². The van der Waals surface area contributed by atoms with Crippen molar-refractivity contribution < 1.29 is 4.79 Å². The number of nitrogens with zero attached hydrogens (tertiary/aromatic N) is 2. The van der Waals surface area contributed by atoms with Crippen molar-refractivity contribution in [1.29, 1.82) is 0 Å². The Balaban J connectivity index is 2.03. The molecule has 2 atom stereocenters. The van der Waals surface area contributed by atoms with Gasteiger partial charge in [0.25, 0.3) is 5.91 Å². The van der Waals surface area contributed by atoms with E-state index in [9.17, 15) is 4.79 Å². The molecule has 2 aromatic rings. The van der Waals surface area contributed by atoms with E-state index in [-0.39, 0.29) is 18.0 Å². The molecule has 0 radical (unpaired) electrons. The van der Waals surface area contributed by atoms with Crippen LogP contribution in [0, 0.1) is 0 Å². The maximum absolute atomic E-state index is 12.6. The fraction of sp³-hybridized carbons (Fsp3) is 0.333. The summed E-state index contributed by atoms with van der Waals surface area (Å²) in [4.78, 5) is 18.8. The highest BCUT2D eigenvalue weighted by molar-refractivity contribution is 6.05. The molecule has 0 spiro atoms. The molecule has 0 saturated carbocycles. The van der Waals surface area contributed by atoms with Crippen LogP contribution in [0.4, 0.5) is 0 Å². The summed E-state index contributed by atoms with van der Waals surface area (Å²) in [7, 11) is 0. The quantitative estimate of drug-likeness (QED) is 0.845. The molecule has 19 heavy (non-hydrogen) atoms. The first-order chi connectivity index (χ1) is 9.18. The van der Waals surface area contributed by atoms with Crippen LogP contribution in [-0.2, 0) is 0 Å². The van der Waals surface area contributed by atoms with E-state index in [0.717, 1.165) is 23.9 Å². The van der Waals surface area contributed by atoms with Crippen LogP contribution < -0.4 is 5.73 Å². The molecule has 4 nitrogen and oxygen atoms in total. The molecule has 3 rings (SSSR count).